The van der Waals surface area contributed by atoms with Crippen molar-refractivity contribution in [2.75, 3.05) is 21.3 Å². The highest BCUT2D eigenvalue weighted by atomic mass is 19.1. The number of rotatable bonds is 16. The lowest BCUT2D eigenvalue weighted by molar-refractivity contribution is -0.117. The Morgan fingerprint density at radius 1 is 0.764 bits per heavy atom. The lowest BCUT2D eigenvalue weighted by Crippen LogP contribution is -2.19. The van der Waals surface area contributed by atoms with E-state index in [-0.39, 0.29) is 18.4 Å². The first-order valence-electron chi connectivity index (χ1n) is 16.8. The minimum atomic E-state index is -0.591. The first-order valence-corrected chi connectivity index (χ1v) is 16.8. The molecule has 4 aromatic carbocycles. The Labute approximate surface area is 319 Å². The fraction of sp³-hybridized carbons (Fsp3) is 0.214. The predicted molar refractivity (Wildman–Crippen MR) is 206 cm³/mol. The number of hydrogen-bond donors (Lipinski definition) is 4. The predicted octanol–water partition coefficient (Wildman–Crippen LogP) is 6.93. The third kappa shape index (κ3) is 21.2. The van der Waals surface area contributed by atoms with E-state index in [9.17, 15) is 27.2 Å². The Bertz CT molecular complexity index is 1810. The van der Waals surface area contributed by atoms with Crippen molar-refractivity contribution >= 4 is 18.7 Å². The molecule has 0 aliphatic rings. The summed E-state index contributed by atoms with van der Waals surface area (Å²) in [6.07, 6.45) is 5.94. The van der Waals surface area contributed by atoms with E-state index in [4.69, 9.17) is 20.0 Å². The van der Waals surface area contributed by atoms with Crippen molar-refractivity contribution in [1.29, 1.82) is 0 Å². The number of benzene rings is 4. The highest BCUT2D eigenvalue weighted by molar-refractivity contribution is 5.76. The van der Waals surface area contributed by atoms with Gasteiger partial charge in [0.15, 0.2) is 0 Å². The molecule has 5 N–H and O–H groups in total. The van der Waals surface area contributed by atoms with E-state index >= 15 is 0 Å². The fourth-order valence-corrected chi connectivity index (χ4v) is 4.49. The number of carbonyl (C=O) groups excluding carboxylic acids is 3. The largest absolute Gasteiger partial charge is 0.497 e. The highest BCUT2D eigenvalue weighted by Gasteiger charge is 2.09. The van der Waals surface area contributed by atoms with E-state index < -0.39 is 23.3 Å². The summed E-state index contributed by atoms with van der Waals surface area (Å²) in [6, 6.07) is 22.0. The molecule has 4 rings (SSSR count). The lowest BCUT2D eigenvalue weighted by Gasteiger charge is -2.15. The molecular formula is C42H48F4N4O5. The second-order valence-corrected chi connectivity index (χ2v) is 11.6. The first-order chi connectivity index (χ1) is 26.2. The summed E-state index contributed by atoms with van der Waals surface area (Å²) < 4.78 is 62.2. The summed E-state index contributed by atoms with van der Waals surface area (Å²) in [7, 11) is 4.69. The average molecular weight is 765 g/mol. The van der Waals surface area contributed by atoms with Gasteiger partial charge in [-0.15, -0.1) is 0 Å². The van der Waals surface area contributed by atoms with E-state index in [2.05, 4.69) is 29.1 Å². The molecular weight excluding hydrogens is 716 g/mol. The van der Waals surface area contributed by atoms with Gasteiger partial charge in [-0.1, -0.05) is 49.6 Å². The summed E-state index contributed by atoms with van der Waals surface area (Å²) in [5.41, 5.74) is 9.82. The molecule has 0 radical (unpaired) electrons. The topological polar surface area (TPSA) is 132 Å². The van der Waals surface area contributed by atoms with E-state index in [1.54, 1.807) is 26.3 Å². The van der Waals surface area contributed by atoms with Gasteiger partial charge in [-0.2, -0.15) is 0 Å². The Hall–Kier alpha value is -6.21. The van der Waals surface area contributed by atoms with Crippen LogP contribution in [-0.4, -0.2) is 40.0 Å². The van der Waals surface area contributed by atoms with Gasteiger partial charge in [0.2, 0.25) is 18.7 Å². The maximum absolute atomic E-state index is 13.2. The van der Waals surface area contributed by atoms with Crippen LogP contribution in [0.3, 0.4) is 0 Å². The van der Waals surface area contributed by atoms with Gasteiger partial charge in [-0.05, 0) is 96.1 Å². The van der Waals surface area contributed by atoms with Crippen LogP contribution in [0, 0.1) is 23.3 Å². The smallest absolute Gasteiger partial charge is 0.221 e. The lowest BCUT2D eigenvalue weighted by atomic mass is 10.0. The number of aryl methyl sites for hydroxylation is 2. The van der Waals surface area contributed by atoms with Crippen molar-refractivity contribution in [2.45, 2.75) is 38.8 Å². The summed E-state index contributed by atoms with van der Waals surface area (Å²) >= 11 is 0. The van der Waals surface area contributed by atoms with Crippen LogP contribution in [0.25, 0.3) is 0 Å². The molecule has 0 heterocycles. The van der Waals surface area contributed by atoms with Gasteiger partial charge in [0, 0.05) is 37.5 Å². The van der Waals surface area contributed by atoms with Crippen LogP contribution >= 0.6 is 0 Å². The summed E-state index contributed by atoms with van der Waals surface area (Å²) in [4.78, 5) is 29.9. The van der Waals surface area contributed by atoms with Crippen LogP contribution in [0.1, 0.15) is 40.8 Å². The number of primary amides is 1. The summed E-state index contributed by atoms with van der Waals surface area (Å²) in [5, 5.41) is 7.82. The molecule has 0 saturated carbocycles. The maximum Gasteiger partial charge on any atom is 0.221 e. The minimum absolute atomic E-state index is 0.193. The van der Waals surface area contributed by atoms with Gasteiger partial charge in [0.25, 0.3) is 0 Å². The van der Waals surface area contributed by atoms with Crippen LogP contribution in [0.2, 0.25) is 0 Å². The zero-order chi connectivity index (χ0) is 41.2. The van der Waals surface area contributed by atoms with Crippen LogP contribution in [0.4, 0.5) is 17.6 Å². The molecule has 13 heteroatoms. The average Bonchev–Trinajstić information content (AvgIpc) is 3.15. The zero-order valence-corrected chi connectivity index (χ0v) is 31.3. The zero-order valence-electron chi connectivity index (χ0n) is 31.3. The van der Waals surface area contributed by atoms with Gasteiger partial charge in [-0.3, -0.25) is 14.4 Å². The Kier molecular flexibility index (Phi) is 22.6. The summed E-state index contributed by atoms with van der Waals surface area (Å²) in [5.74, 6) is -1.30. The second-order valence-electron chi connectivity index (χ2n) is 11.6. The molecule has 9 nitrogen and oxygen atoms in total. The quantitative estimate of drug-likeness (QED) is 0.0424. The first kappa shape index (κ1) is 46.8. The number of allylic oxidation sites excluding steroid dienone is 2. The third-order valence-corrected chi connectivity index (χ3v) is 7.25. The van der Waals surface area contributed by atoms with Crippen molar-refractivity contribution in [3.8, 4) is 5.75 Å². The van der Waals surface area contributed by atoms with Crippen molar-refractivity contribution < 1.29 is 41.4 Å². The van der Waals surface area contributed by atoms with E-state index in [0.29, 0.717) is 48.4 Å². The molecule has 0 fully saturated rings. The van der Waals surface area contributed by atoms with Gasteiger partial charge < -0.3 is 31.2 Å². The number of hydrogen-bond acceptors (Lipinski definition) is 6. The Morgan fingerprint density at radius 2 is 1.31 bits per heavy atom. The SMILES string of the molecule is C=C(/C=C\C(=C)OC)NC=O.CC(NCc1cccc(CC(N)=O)c1)c1cc(F)cc(F)c1.CNC=O.COc1ccc(CCc2cc(F)cc(F)c2)cc1. The molecule has 0 bridgehead atoms. The van der Waals surface area contributed by atoms with Crippen molar-refractivity contribution in [3.05, 3.63) is 173 Å². The molecule has 1 atom stereocenters. The number of carbonyl (C=O) groups is 3. The molecule has 0 saturated heterocycles. The van der Waals surface area contributed by atoms with Crippen molar-refractivity contribution in [3.63, 3.8) is 0 Å². The van der Waals surface area contributed by atoms with Gasteiger partial charge >= 0.3 is 0 Å². The van der Waals surface area contributed by atoms with Crippen LogP contribution in [0.15, 0.2) is 122 Å². The van der Waals surface area contributed by atoms with Crippen molar-refractivity contribution in [2.24, 2.45) is 5.73 Å². The van der Waals surface area contributed by atoms with Gasteiger partial charge in [-0.25, -0.2) is 17.6 Å². The van der Waals surface area contributed by atoms with Crippen LogP contribution in [-0.2, 0) is 44.9 Å². The number of nitrogens with one attached hydrogen (secondary N) is 3. The molecule has 0 aromatic heterocycles. The molecule has 1 unspecified atom stereocenters. The Balaban J connectivity index is 0.000000412. The van der Waals surface area contributed by atoms with E-state index in [1.165, 1.54) is 31.4 Å². The number of nitrogens with two attached hydrogens (primary N) is 1. The third-order valence-electron chi connectivity index (χ3n) is 7.25. The number of halogens is 4. The van der Waals surface area contributed by atoms with E-state index in [0.717, 1.165) is 41.0 Å². The Morgan fingerprint density at radius 3 is 1.82 bits per heavy atom. The van der Waals surface area contributed by atoms with Gasteiger partial charge in [0.1, 0.15) is 34.8 Å². The molecule has 55 heavy (non-hydrogen) atoms. The van der Waals surface area contributed by atoms with Crippen LogP contribution in [0.5, 0.6) is 5.75 Å². The monoisotopic (exact) mass is 764 g/mol. The second kappa shape index (κ2) is 26.5. The van der Waals surface area contributed by atoms with Gasteiger partial charge in [0.05, 0.1) is 20.6 Å². The number of methoxy groups -OCH3 is 2. The van der Waals surface area contributed by atoms with Crippen LogP contribution < -0.4 is 26.4 Å². The number of ether oxygens (including phenoxy) is 2. The van der Waals surface area contributed by atoms with E-state index in [1.807, 2.05) is 55.5 Å². The molecule has 0 spiro atoms. The molecule has 0 aliphatic heterocycles. The summed E-state index contributed by atoms with van der Waals surface area (Å²) in [6.45, 7) is 9.42. The maximum atomic E-state index is 13.2. The normalized spacial score (nSPS) is 10.5. The molecule has 4 aromatic rings. The molecule has 3 amide bonds. The molecule has 294 valence electrons. The standard InChI is InChI=1S/C17H18F2N2O.C15H14F2O.C8H11NO2.C2H5NO/c1-11(14-7-15(18)9-16(19)8-14)21-10-13-4-2-3-12(5-13)6-17(20)22;1-18-15-6-4-11(5-7-15)2-3-12-8-13(16)10-14(17)9-12;1-7(9-6-10)4-5-8(2)11-3;1-3-2-4/h2-5,7-9,11,21H,6,10H2,1H3,(H2,20,22);4-10H,2-3H2,1H3;4-6H,1-2H2,3H3,(H,9,10);2H,1H3,(H,3,4)/b;;5-4-;. The minimum Gasteiger partial charge on any atom is -0.497 e. The molecule has 0 aliphatic carbocycles. The fourth-order valence-electron chi connectivity index (χ4n) is 4.49. The van der Waals surface area contributed by atoms with Crippen molar-refractivity contribution in [1.82, 2.24) is 16.0 Å². The number of amides is 3. The highest BCUT2D eigenvalue weighted by Crippen LogP contribution is 2.18.